The summed E-state index contributed by atoms with van der Waals surface area (Å²) in [5.74, 6) is -0.509. The summed E-state index contributed by atoms with van der Waals surface area (Å²) >= 11 is 0. The highest BCUT2D eigenvalue weighted by atomic mass is 19.1. The number of carbonyl (C=O) groups excluding carboxylic acids is 1. The third-order valence-electron chi connectivity index (χ3n) is 2.94. The molecule has 0 aliphatic carbocycles. The number of ether oxygens (including phenoxy) is 1. The van der Waals surface area contributed by atoms with Gasteiger partial charge in [0.25, 0.3) is 0 Å². The molecule has 1 saturated heterocycles. The Bertz CT molecular complexity index is 425. The Labute approximate surface area is 93.4 Å². The van der Waals surface area contributed by atoms with Crippen molar-refractivity contribution in [3.05, 3.63) is 35.1 Å². The lowest BCUT2D eigenvalue weighted by Crippen LogP contribution is -2.48. The van der Waals surface area contributed by atoms with Gasteiger partial charge in [-0.1, -0.05) is 0 Å². The first-order valence-corrected chi connectivity index (χ1v) is 5.20. The van der Waals surface area contributed by atoms with E-state index in [2.05, 4.69) is 0 Å². The van der Waals surface area contributed by atoms with Gasteiger partial charge in [0.15, 0.2) is 5.78 Å². The van der Waals surface area contributed by atoms with Crippen LogP contribution in [0.1, 0.15) is 22.3 Å². The minimum Gasteiger partial charge on any atom is -0.379 e. The Morgan fingerprint density at radius 3 is 2.88 bits per heavy atom. The van der Waals surface area contributed by atoms with Gasteiger partial charge in [0, 0.05) is 12.2 Å². The first-order valence-electron chi connectivity index (χ1n) is 5.20. The van der Waals surface area contributed by atoms with Crippen LogP contribution in [0, 0.1) is 12.7 Å². The van der Waals surface area contributed by atoms with Crippen LogP contribution in [-0.4, -0.2) is 24.5 Å². The molecular formula is C12H14FNO2. The fraction of sp³-hybridized carbons (Fsp3) is 0.417. The number of halogens is 1. The van der Waals surface area contributed by atoms with Gasteiger partial charge in [0.2, 0.25) is 0 Å². The van der Waals surface area contributed by atoms with Crippen LogP contribution < -0.4 is 5.73 Å². The molecule has 1 aromatic carbocycles. The molecule has 1 aromatic rings. The van der Waals surface area contributed by atoms with E-state index in [1.54, 1.807) is 6.92 Å². The fourth-order valence-corrected chi connectivity index (χ4v) is 1.91. The van der Waals surface area contributed by atoms with Crippen molar-refractivity contribution in [2.75, 3.05) is 13.2 Å². The average molecular weight is 223 g/mol. The number of hydrogen-bond donors (Lipinski definition) is 1. The van der Waals surface area contributed by atoms with Crippen molar-refractivity contribution in [1.82, 2.24) is 0 Å². The summed E-state index contributed by atoms with van der Waals surface area (Å²) in [5, 5.41) is 0. The number of aryl methyl sites for hydroxylation is 1. The number of benzene rings is 1. The van der Waals surface area contributed by atoms with Crippen molar-refractivity contribution in [3.8, 4) is 0 Å². The molecule has 16 heavy (non-hydrogen) atoms. The van der Waals surface area contributed by atoms with Gasteiger partial charge in [0.1, 0.15) is 11.4 Å². The second kappa shape index (κ2) is 3.96. The molecule has 2 N–H and O–H groups in total. The van der Waals surface area contributed by atoms with E-state index in [0.29, 0.717) is 24.2 Å². The predicted molar refractivity (Wildman–Crippen MR) is 57.8 cm³/mol. The van der Waals surface area contributed by atoms with Crippen LogP contribution in [0.3, 0.4) is 0 Å². The summed E-state index contributed by atoms with van der Waals surface area (Å²) < 4.78 is 18.1. The molecule has 1 unspecified atom stereocenters. The lowest BCUT2D eigenvalue weighted by atomic mass is 9.88. The highest BCUT2D eigenvalue weighted by molar-refractivity contribution is 6.04. The maximum absolute atomic E-state index is 12.9. The summed E-state index contributed by atoms with van der Waals surface area (Å²) in [6, 6.07) is 4.10. The van der Waals surface area contributed by atoms with Crippen LogP contribution in [0.2, 0.25) is 0 Å². The SMILES string of the molecule is Cc1cc(F)ccc1C(=O)C1(N)CCOC1. The first-order chi connectivity index (χ1) is 7.53. The molecule has 0 aromatic heterocycles. The van der Waals surface area contributed by atoms with E-state index in [-0.39, 0.29) is 18.2 Å². The Morgan fingerprint density at radius 2 is 2.31 bits per heavy atom. The molecule has 86 valence electrons. The molecule has 1 heterocycles. The smallest absolute Gasteiger partial charge is 0.185 e. The number of rotatable bonds is 2. The van der Waals surface area contributed by atoms with Gasteiger partial charge in [-0.25, -0.2) is 4.39 Å². The molecule has 1 fully saturated rings. The molecule has 1 aliphatic heterocycles. The van der Waals surface area contributed by atoms with Crippen LogP contribution in [0.5, 0.6) is 0 Å². The topological polar surface area (TPSA) is 52.3 Å². The number of carbonyl (C=O) groups is 1. The second-order valence-corrected chi connectivity index (χ2v) is 4.25. The van der Waals surface area contributed by atoms with E-state index in [1.807, 2.05) is 0 Å². The quantitative estimate of drug-likeness (QED) is 0.772. The van der Waals surface area contributed by atoms with Crippen molar-refractivity contribution in [2.24, 2.45) is 5.73 Å². The zero-order valence-corrected chi connectivity index (χ0v) is 9.13. The summed E-state index contributed by atoms with van der Waals surface area (Å²) in [4.78, 5) is 12.2. The molecular weight excluding hydrogens is 209 g/mol. The van der Waals surface area contributed by atoms with Crippen LogP contribution >= 0.6 is 0 Å². The number of nitrogens with two attached hydrogens (primary N) is 1. The Kier molecular flexibility index (Phi) is 2.78. The van der Waals surface area contributed by atoms with Gasteiger partial charge in [-0.3, -0.25) is 4.79 Å². The van der Waals surface area contributed by atoms with E-state index in [9.17, 15) is 9.18 Å². The van der Waals surface area contributed by atoms with E-state index in [1.165, 1.54) is 18.2 Å². The first kappa shape index (κ1) is 11.2. The van der Waals surface area contributed by atoms with Crippen LogP contribution in [0.15, 0.2) is 18.2 Å². The summed E-state index contributed by atoms with van der Waals surface area (Å²) in [6.45, 7) is 2.45. The summed E-state index contributed by atoms with van der Waals surface area (Å²) in [7, 11) is 0. The summed E-state index contributed by atoms with van der Waals surface area (Å²) in [6.07, 6.45) is 0.517. The molecule has 0 radical (unpaired) electrons. The fourth-order valence-electron chi connectivity index (χ4n) is 1.91. The van der Waals surface area contributed by atoms with Crippen LogP contribution in [0.4, 0.5) is 4.39 Å². The standard InChI is InChI=1S/C12H14FNO2/c1-8-6-9(13)2-3-10(8)11(15)12(14)4-5-16-7-12/h2-3,6H,4-5,7,14H2,1H3. The Balaban J connectivity index is 2.33. The minimum atomic E-state index is -0.942. The normalized spacial score (nSPS) is 24.7. The van der Waals surface area contributed by atoms with E-state index < -0.39 is 5.54 Å². The van der Waals surface area contributed by atoms with Crippen LogP contribution in [-0.2, 0) is 4.74 Å². The van der Waals surface area contributed by atoms with E-state index in [0.717, 1.165) is 0 Å². The van der Waals surface area contributed by atoms with Gasteiger partial charge in [-0.2, -0.15) is 0 Å². The number of ketones is 1. The van der Waals surface area contributed by atoms with Crippen molar-refractivity contribution in [3.63, 3.8) is 0 Å². The molecule has 1 atom stereocenters. The monoisotopic (exact) mass is 223 g/mol. The number of hydrogen-bond acceptors (Lipinski definition) is 3. The summed E-state index contributed by atoms with van der Waals surface area (Å²) in [5.41, 5.74) is 6.13. The third-order valence-corrected chi connectivity index (χ3v) is 2.94. The van der Waals surface area contributed by atoms with Gasteiger partial charge < -0.3 is 10.5 Å². The van der Waals surface area contributed by atoms with Crippen molar-refractivity contribution in [2.45, 2.75) is 18.9 Å². The zero-order valence-electron chi connectivity index (χ0n) is 9.13. The lowest BCUT2D eigenvalue weighted by molar-refractivity contribution is 0.0862. The van der Waals surface area contributed by atoms with Crippen LogP contribution in [0.25, 0.3) is 0 Å². The Morgan fingerprint density at radius 1 is 1.56 bits per heavy atom. The molecule has 4 heteroatoms. The van der Waals surface area contributed by atoms with E-state index in [4.69, 9.17) is 10.5 Å². The second-order valence-electron chi connectivity index (χ2n) is 4.25. The van der Waals surface area contributed by atoms with Crippen molar-refractivity contribution >= 4 is 5.78 Å². The van der Waals surface area contributed by atoms with Crippen molar-refractivity contribution in [1.29, 1.82) is 0 Å². The third kappa shape index (κ3) is 1.86. The molecule has 0 saturated carbocycles. The molecule has 3 nitrogen and oxygen atoms in total. The van der Waals surface area contributed by atoms with Crippen molar-refractivity contribution < 1.29 is 13.9 Å². The Hall–Kier alpha value is -1.26. The highest BCUT2D eigenvalue weighted by Crippen LogP contribution is 2.23. The maximum atomic E-state index is 12.9. The van der Waals surface area contributed by atoms with Gasteiger partial charge in [0.05, 0.1) is 6.61 Å². The molecule has 1 aliphatic rings. The zero-order chi connectivity index (χ0) is 11.8. The molecule has 0 amide bonds. The largest absolute Gasteiger partial charge is 0.379 e. The van der Waals surface area contributed by atoms with Gasteiger partial charge in [-0.15, -0.1) is 0 Å². The lowest BCUT2D eigenvalue weighted by Gasteiger charge is -2.20. The maximum Gasteiger partial charge on any atom is 0.185 e. The molecule has 0 spiro atoms. The molecule has 0 bridgehead atoms. The molecule has 2 rings (SSSR count). The van der Waals surface area contributed by atoms with Gasteiger partial charge in [-0.05, 0) is 37.1 Å². The predicted octanol–water partition coefficient (Wildman–Crippen LogP) is 1.43. The minimum absolute atomic E-state index is 0.164. The van der Waals surface area contributed by atoms with Gasteiger partial charge >= 0.3 is 0 Å². The van der Waals surface area contributed by atoms with E-state index >= 15 is 0 Å². The average Bonchev–Trinajstić information content (AvgIpc) is 2.66. The highest BCUT2D eigenvalue weighted by Gasteiger charge is 2.39. The number of Topliss-reactive ketones (excluding diaryl/α,β-unsaturated/α-hetero) is 1.